The molecule has 1 aromatic carbocycles. The number of ether oxygens (including phenoxy) is 2. The molecule has 142 valence electrons. The largest absolute Gasteiger partial charge is 0.493 e. The standard InChI is InChI=1S/C18H29N3O2S.HI/c1-5-15-13-21(9-10-24-15)18(19-3)20-12-14-7-8-16(22-4)17(11-14)23-6-2;/h7-8,11,15H,5-6,9-10,12-13H2,1-4H3,(H,19,20);1H. The van der Waals surface area contributed by atoms with Crippen LogP contribution in [-0.2, 0) is 6.54 Å². The van der Waals surface area contributed by atoms with Crippen molar-refractivity contribution in [2.24, 2.45) is 4.99 Å². The van der Waals surface area contributed by atoms with E-state index in [0.717, 1.165) is 48.4 Å². The lowest BCUT2D eigenvalue weighted by Gasteiger charge is -2.34. The Labute approximate surface area is 173 Å². The molecule has 1 atom stereocenters. The molecule has 1 unspecified atom stereocenters. The molecule has 0 aromatic heterocycles. The van der Waals surface area contributed by atoms with Crippen LogP contribution in [0.2, 0.25) is 0 Å². The van der Waals surface area contributed by atoms with Gasteiger partial charge in [-0.25, -0.2) is 0 Å². The predicted octanol–water partition coefficient (Wildman–Crippen LogP) is 3.61. The molecule has 25 heavy (non-hydrogen) atoms. The van der Waals surface area contributed by atoms with Crippen LogP contribution >= 0.6 is 35.7 Å². The minimum Gasteiger partial charge on any atom is -0.493 e. The Morgan fingerprint density at radius 3 is 2.80 bits per heavy atom. The second-order valence-electron chi connectivity index (χ2n) is 5.67. The van der Waals surface area contributed by atoms with Crippen molar-refractivity contribution in [2.45, 2.75) is 32.1 Å². The molecule has 1 aliphatic rings. The SMILES string of the molecule is CCOc1cc(CNC(=NC)N2CCSC(CC)C2)ccc1OC.I. The van der Waals surface area contributed by atoms with Crippen LogP contribution in [0.5, 0.6) is 11.5 Å². The molecule has 0 amide bonds. The summed E-state index contributed by atoms with van der Waals surface area (Å²) in [6.07, 6.45) is 1.20. The Morgan fingerprint density at radius 2 is 2.16 bits per heavy atom. The van der Waals surface area contributed by atoms with Gasteiger partial charge in [-0.2, -0.15) is 11.8 Å². The smallest absolute Gasteiger partial charge is 0.193 e. The van der Waals surface area contributed by atoms with Crippen molar-refractivity contribution in [1.82, 2.24) is 10.2 Å². The molecule has 5 nitrogen and oxygen atoms in total. The van der Waals surface area contributed by atoms with Crippen LogP contribution in [0.4, 0.5) is 0 Å². The van der Waals surface area contributed by atoms with Gasteiger partial charge in [0.1, 0.15) is 0 Å². The van der Waals surface area contributed by atoms with Crippen LogP contribution in [-0.4, -0.2) is 55.7 Å². The molecular formula is C18H30IN3O2S. The van der Waals surface area contributed by atoms with Crippen molar-refractivity contribution in [1.29, 1.82) is 0 Å². The Bertz CT molecular complexity index is 557. The lowest BCUT2D eigenvalue weighted by atomic mass is 10.2. The van der Waals surface area contributed by atoms with Crippen LogP contribution in [0.25, 0.3) is 0 Å². The maximum Gasteiger partial charge on any atom is 0.193 e. The fraction of sp³-hybridized carbons (Fsp3) is 0.611. The molecule has 0 spiro atoms. The number of thioether (sulfide) groups is 1. The fourth-order valence-electron chi connectivity index (χ4n) is 2.77. The minimum absolute atomic E-state index is 0. The highest BCUT2D eigenvalue weighted by atomic mass is 127. The predicted molar refractivity (Wildman–Crippen MR) is 118 cm³/mol. The summed E-state index contributed by atoms with van der Waals surface area (Å²) in [4.78, 5) is 6.81. The normalized spacial score (nSPS) is 17.7. The maximum atomic E-state index is 5.65. The lowest BCUT2D eigenvalue weighted by molar-refractivity contribution is 0.310. The van der Waals surface area contributed by atoms with Gasteiger partial charge >= 0.3 is 0 Å². The zero-order valence-corrected chi connectivity index (χ0v) is 18.7. The highest BCUT2D eigenvalue weighted by Gasteiger charge is 2.21. The summed E-state index contributed by atoms with van der Waals surface area (Å²) in [7, 11) is 3.51. The van der Waals surface area contributed by atoms with Gasteiger partial charge < -0.3 is 19.7 Å². The highest BCUT2D eigenvalue weighted by molar-refractivity contribution is 14.0. The Morgan fingerprint density at radius 1 is 1.36 bits per heavy atom. The summed E-state index contributed by atoms with van der Waals surface area (Å²) in [5.41, 5.74) is 1.15. The van der Waals surface area contributed by atoms with Gasteiger partial charge in [-0.1, -0.05) is 13.0 Å². The monoisotopic (exact) mass is 479 g/mol. The summed E-state index contributed by atoms with van der Waals surface area (Å²) >= 11 is 2.07. The average molecular weight is 479 g/mol. The van der Waals surface area contributed by atoms with E-state index in [-0.39, 0.29) is 24.0 Å². The number of aliphatic imine (C=N–C) groups is 1. The van der Waals surface area contributed by atoms with Gasteiger partial charge in [-0.3, -0.25) is 4.99 Å². The molecule has 0 radical (unpaired) electrons. The average Bonchev–Trinajstić information content (AvgIpc) is 2.63. The van der Waals surface area contributed by atoms with Crippen LogP contribution in [0.3, 0.4) is 0 Å². The maximum absolute atomic E-state index is 5.65. The molecule has 1 aromatic rings. The Kier molecular flexibility index (Phi) is 10.4. The van der Waals surface area contributed by atoms with Crippen molar-refractivity contribution < 1.29 is 9.47 Å². The van der Waals surface area contributed by atoms with E-state index in [0.29, 0.717) is 11.9 Å². The number of nitrogens with one attached hydrogen (secondary N) is 1. The highest BCUT2D eigenvalue weighted by Crippen LogP contribution is 2.28. The van der Waals surface area contributed by atoms with Gasteiger partial charge in [0.05, 0.1) is 13.7 Å². The second-order valence-corrected chi connectivity index (χ2v) is 7.07. The summed E-state index contributed by atoms with van der Waals surface area (Å²) in [6, 6.07) is 6.04. The molecule has 1 N–H and O–H groups in total. The van der Waals surface area contributed by atoms with Gasteiger partial charge in [-0.05, 0) is 31.0 Å². The first-order valence-corrected chi connectivity index (χ1v) is 9.63. The van der Waals surface area contributed by atoms with Gasteiger partial charge in [-0.15, -0.1) is 24.0 Å². The van der Waals surface area contributed by atoms with Gasteiger partial charge in [0.15, 0.2) is 17.5 Å². The van der Waals surface area contributed by atoms with Crippen LogP contribution in [0, 0.1) is 0 Å². The first-order valence-electron chi connectivity index (χ1n) is 8.58. The van der Waals surface area contributed by atoms with Crippen LogP contribution in [0.15, 0.2) is 23.2 Å². The van der Waals surface area contributed by atoms with Crippen LogP contribution < -0.4 is 14.8 Å². The van der Waals surface area contributed by atoms with E-state index in [2.05, 4.69) is 40.0 Å². The van der Waals surface area contributed by atoms with Crippen molar-refractivity contribution >= 4 is 41.7 Å². The van der Waals surface area contributed by atoms with E-state index in [1.165, 1.54) is 6.42 Å². The van der Waals surface area contributed by atoms with E-state index in [4.69, 9.17) is 9.47 Å². The second kappa shape index (κ2) is 11.7. The number of halogens is 1. The van der Waals surface area contributed by atoms with Crippen LogP contribution in [0.1, 0.15) is 25.8 Å². The quantitative estimate of drug-likeness (QED) is 0.384. The lowest BCUT2D eigenvalue weighted by Crippen LogP contribution is -2.47. The molecule has 1 aliphatic heterocycles. The first kappa shape index (κ1) is 22.2. The summed E-state index contributed by atoms with van der Waals surface area (Å²) in [5, 5.41) is 4.17. The molecule has 0 bridgehead atoms. The van der Waals surface area contributed by atoms with E-state index in [1.807, 2.05) is 26.1 Å². The van der Waals surface area contributed by atoms with Crippen molar-refractivity contribution in [3.8, 4) is 11.5 Å². The topological polar surface area (TPSA) is 46.1 Å². The molecular weight excluding hydrogens is 449 g/mol. The number of methoxy groups -OCH3 is 1. The number of guanidine groups is 1. The molecule has 1 heterocycles. The molecule has 0 saturated carbocycles. The Hall–Kier alpha value is -0.830. The number of rotatable bonds is 6. The fourth-order valence-corrected chi connectivity index (χ4v) is 3.95. The first-order chi connectivity index (χ1) is 11.7. The molecule has 0 aliphatic carbocycles. The van der Waals surface area contributed by atoms with Gasteiger partial charge in [0.2, 0.25) is 0 Å². The zero-order valence-electron chi connectivity index (χ0n) is 15.6. The van der Waals surface area contributed by atoms with E-state index >= 15 is 0 Å². The summed E-state index contributed by atoms with van der Waals surface area (Å²) in [5.74, 6) is 3.69. The number of nitrogens with zero attached hydrogens (tertiary/aromatic N) is 2. The van der Waals surface area contributed by atoms with E-state index in [1.54, 1.807) is 7.11 Å². The van der Waals surface area contributed by atoms with Crippen molar-refractivity contribution in [3.63, 3.8) is 0 Å². The minimum atomic E-state index is 0. The molecule has 2 rings (SSSR count). The zero-order chi connectivity index (χ0) is 17.4. The summed E-state index contributed by atoms with van der Waals surface area (Å²) < 4.78 is 11.0. The molecule has 1 saturated heterocycles. The van der Waals surface area contributed by atoms with Crippen molar-refractivity contribution in [3.05, 3.63) is 23.8 Å². The van der Waals surface area contributed by atoms with E-state index < -0.39 is 0 Å². The third-order valence-electron chi connectivity index (χ3n) is 4.08. The van der Waals surface area contributed by atoms with E-state index in [9.17, 15) is 0 Å². The molecule has 7 heteroatoms. The molecule has 1 fully saturated rings. The third-order valence-corrected chi connectivity index (χ3v) is 5.46. The number of hydrogen-bond donors (Lipinski definition) is 1. The number of benzene rings is 1. The Balaban J connectivity index is 0.00000312. The van der Waals surface area contributed by atoms with Crippen molar-refractivity contribution in [2.75, 3.05) is 39.6 Å². The third kappa shape index (κ3) is 6.44. The number of hydrogen-bond acceptors (Lipinski definition) is 4. The summed E-state index contributed by atoms with van der Waals surface area (Å²) in [6.45, 7) is 7.69. The van der Waals surface area contributed by atoms with Gasteiger partial charge in [0, 0.05) is 37.7 Å². The van der Waals surface area contributed by atoms with Gasteiger partial charge in [0.25, 0.3) is 0 Å².